The molecular weight excluding hydrogens is 250 g/mol. The molecule has 2 heterocycles. The van der Waals surface area contributed by atoms with Crippen LogP contribution in [-0.4, -0.2) is 57.0 Å². The number of carboxylic acid groups (broad SMARTS) is 1. The van der Waals surface area contributed by atoms with E-state index in [2.05, 4.69) is 5.10 Å². The Kier molecular flexibility index (Phi) is 3.84. The lowest BCUT2D eigenvalue weighted by atomic mass is 9.96. The Morgan fingerprint density at radius 2 is 2.21 bits per heavy atom. The zero-order valence-electron chi connectivity index (χ0n) is 10.8. The molecule has 0 unspecified atom stereocenters. The zero-order chi connectivity index (χ0) is 13.9. The third-order valence-electron chi connectivity index (χ3n) is 3.06. The number of nitrogens with zero attached hydrogens (tertiary/aromatic N) is 3. The molecule has 0 radical (unpaired) electrons. The van der Waals surface area contributed by atoms with Gasteiger partial charge in [0.25, 0.3) is 0 Å². The van der Waals surface area contributed by atoms with Crippen LogP contribution < -0.4 is 0 Å². The number of aliphatic carboxylic acids is 1. The maximum Gasteiger partial charge on any atom is 0.329 e. The maximum atomic E-state index is 11.9. The van der Waals surface area contributed by atoms with E-state index in [1.165, 1.54) is 0 Å². The van der Waals surface area contributed by atoms with Gasteiger partial charge < -0.3 is 14.7 Å². The summed E-state index contributed by atoms with van der Waals surface area (Å²) in [5.41, 5.74) is -0.528. The summed E-state index contributed by atoms with van der Waals surface area (Å²) in [6, 6.07) is 1.81. The fourth-order valence-corrected chi connectivity index (χ4v) is 2.07. The summed E-state index contributed by atoms with van der Waals surface area (Å²) in [4.78, 5) is 24.0. The second-order valence-corrected chi connectivity index (χ2v) is 4.90. The molecule has 1 saturated heterocycles. The van der Waals surface area contributed by atoms with Crippen LogP contribution in [0.2, 0.25) is 0 Å². The Hall–Kier alpha value is -1.89. The fourth-order valence-electron chi connectivity index (χ4n) is 2.07. The van der Waals surface area contributed by atoms with E-state index in [1.54, 1.807) is 15.8 Å². The summed E-state index contributed by atoms with van der Waals surface area (Å²) in [7, 11) is 0. The molecule has 0 spiro atoms. The van der Waals surface area contributed by atoms with E-state index in [1.807, 2.05) is 19.2 Å². The molecule has 1 aliphatic rings. The van der Waals surface area contributed by atoms with Crippen molar-refractivity contribution in [2.24, 2.45) is 0 Å². The Morgan fingerprint density at radius 3 is 2.79 bits per heavy atom. The molecule has 1 fully saturated rings. The van der Waals surface area contributed by atoms with Crippen LogP contribution in [0.1, 0.15) is 13.3 Å². The monoisotopic (exact) mass is 267 g/mol. The number of likely N-dealkylation sites (tertiary alicyclic amines) is 1. The van der Waals surface area contributed by atoms with Gasteiger partial charge in [-0.3, -0.25) is 9.48 Å². The Bertz CT molecular complexity index is 452. The highest BCUT2D eigenvalue weighted by Crippen LogP contribution is 2.25. The lowest BCUT2D eigenvalue weighted by Gasteiger charge is -2.47. The predicted octanol–water partition coefficient (Wildman–Crippen LogP) is -0.0247. The molecule has 1 aromatic heterocycles. The van der Waals surface area contributed by atoms with Crippen molar-refractivity contribution in [3.63, 3.8) is 0 Å². The standard InChI is InChI=1S/C12H17N3O4/c1-12(19-7-11(17)18)8-14(9-12)10(16)3-6-15-5-2-4-13-15/h2,4-5H,3,6-9H2,1H3,(H,17,18). The van der Waals surface area contributed by atoms with Crippen molar-refractivity contribution in [3.05, 3.63) is 18.5 Å². The highest BCUT2D eigenvalue weighted by molar-refractivity contribution is 5.77. The number of ether oxygens (including phenoxy) is 1. The van der Waals surface area contributed by atoms with Crippen LogP contribution in [0.3, 0.4) is 0 Å². The lowest BCUT2D eigenvalue weighted by Crippen LogP contribution is -2.63. The largest absolute Gasteiger partial charge is 0.480 e. The van der Waals surface area contributed by atoms with Crippen LogP contribution in [-0.2, 0) is 20.9 Å². The maximum absolute atomic E-state index is 11.9. The van der Waals surface area contributed by atoms with Crippen molar-refractivity contribution < 1.29 is 19.4 Å². The van der Waals surface area contributed by atoms with E-state index in [4.69, 9.17) is 9.84 Å². The van der Waals surface area contributed by atoms with E-state index in [-0.39, 0.29) is 12.5 Å². The van der Waals surface area contributed by atoms with E-state index in [0.717, 1.165) is 0 Å². The smallest absolute Gasteiger partial charge is 0.329 e. The molecule has 104 valence electrons. The number of hydrogen-bond donors (Lipinski definition) is 1. The Balaban J connectivity index is 1.70. The van der Waals surface area contributed by atoms with Crippen molar-refractivity contribution in [2.45, 2.75) is 25.5 Å². The molecule has 7 heteroatoms. The average molecular weight is 267 g/mol. The van der Waals surface area contributed by atoms with Crippen LogP contribution in [0.4, 0.5) is 0 Å². The third-order valence-corrected chi connectivity index (χ3v) is 3.06. The minimum Gasteiger partial charge on any atom is -0.480 e. The van der Waals surface area contributed by atoms with E-state index in [0.29, 0.717) is 26.1 Å². The number of carbonyl (C=O) groups excluding carboxylic acids is 1. The van der Waals surface area contributed by atoms with Crippen LogP contribution in [0.15, 0.2) is 18.5 Å². The van der Waals surface area contributed by atoms with Gasteiger partial charge in [-0.15, -0.1) is 0 Å². The van der Waals surface area contributed by atoms with Crippen molar-refractivity contribution in [1.82, 2.24) is 14.7 Å². The highest BCUT2D eigenvalue weighted by atomic mass is 16.5. The van der Waals surface area contributed by atoms with Gasteiger partial charge in [-0.05, 0) is 13.0 Å². The summed E-state index contributed by atoms with van der Waals surface area (Å²) in [5, 5.41) is 12.6. The van der Waals surface area contributed by atoms with Gasteiger partial charge in [0.2, 0.25) is 5.91 Å². The first-order chi connectivity index (χ1) is 8.98. The van der Waals surface area contributed by atoms with Crippen molar-refractivity contribution >= 4 is 11.9 Å². The first kappa shape index (κ1) is 13.5. The van der Waals surface area contributed by atoms with Crippen molar-refractivity contribution in [3.8, 4) is 0 Å². The number of aromatic nitrogens is 2. The average Bonchev–Trinajstić information content (AvgIpc) is 2.83. The molecule has 7 nitrogen and oxygen atoms in total. The molecule has 0 bridgehead atoms. The molecule has 0 saturated carbocycles. The van der Waals surface area contributed by atoms with Gasteiger partial charge in [0.1, 0.15) is 12.2 Å². The number of amides is 1. The third kappa shape index (κ3) is 3.54. The van der Waals surface area contributed by atoms with Crippen molar-refractivity contribution in [1.29, 1.82) is 0 Å². The first-order valence-electron chi connectivity index (χ1n) is 6.09. The summed E-state index contributed by atoms with van der Waals surface area (Å²) < 4.78 is 6.95. The minimum absolute atomic E-state index is 0.0342. The summed E-state index contributed by atoms with van der Waals surface area (Å²) in [5.74, 6) is -0.961. The number of aryl methyl sites for hydroxylation is 1. The molecular formula is C12H17N3O4. The second-order valence-electron chi connectivity index (χ2n) is 4.90. The molecule has 0 atom stereocenters. The SMILES string of the molecule is CC1(OCC(=O)O)CN(C(=O)CCn2cccn2)C1. The Labute approximate surface area is 110 Å². The van der Waals surface area contributed by atoms with Crippen LogP contribution in [0, 0.1) is 0 Å². The topological polar surface area (TPSA) is 84.7 Å². The molecule has 1 aromatic rings. The first-order valence-corrected chi connectivity index (χ1v) is 6.09. The normalized spacial score (nSPS) is 17.0. The molecule has 0 aromatic carbocycles. The van der Waals surface area contributed by atoms with Gasteiger partial charge in [-0.1, -0.05) is 0 Å². The van der Waals surface area contributed by atoms with Crippen molar-refractivity contribution in [2.75, 3.05) is 19.7 Å². The quantitative estimate of drug-likeness (QED) is 0.782. The zero-order valence-corrected chi connectivity index (χ0v) is 10.8. The van der Waals surface area contributed by atoms with Gasteiger partial charge >= 0.3 is 5.97 Å². The van der Waals surface area contributed by atoms with Gasteiger partial charge in [0, 0.05) is 25.4 Å². The number of carboxylic acids is 1. The highest BCUT2D eigenvalue weighted by Gasteiger charge is 2.42. The predicted molar refractivity (Wildman–Crippen MR) is 65.4 cm³/mol. The van der Waals surface area contributed by atoms with Gasteiger partial charge in [0.15, 0.2) is 0 Å². The molecule has 1 aliphatic heterocycles. The molecule has 1 amide bonds. The van der Waals surface area contributed by atoms with Crippen LogP contribution in [0.5, 0.6) is 0 Å². The summed E-state index contributed by atoms with van der Waals surface area (Å²) in [6.45, 7) is 2.92. The Morgan fingerprint density at radius 1 is 1.47 bits per heavy atom. The molecule has 2 rings (SSSR count). The summed E-state index contributed by atoms with van der Waals surface area (Å²) in [6.07, 6.45) is 3.87. The van der Waals surface area contributed by atoms with Gasteiger partial charge in [-0.2, -0.15) is 5.10 Å². The van der Waals surface area contributed by atoms with E-state index >= 15 is 0 Å². The number of rotatable bonds is 6. The van der Waals surface area contributed by atoms with E-state index < -0.39 is 11.6 Å². The number of carbonyl (C=O) groups is 2. The minimum atomic E-state index is -0.996. The summed E-state index contributed by atoms with van der Waals surface area (Å²) >= 11 is 0. The molecule has 1 N–H and O–H groups in total. The fraction of sp³-hybridized carbons (Fsp3) is 0.583. The van der Waals surface area contributed by atoms with Gasteiger partial charge in [0.05, 0.1) is 13.1 Å². The number of hydrogen-bond acceptors (Lipinski definition) is 4. The van der Waals surface area contributed by atoms with Crippen LogP contribution in [0.25, 0.3) is 0 Å². The van der Waals surface area contributed by atoms with E-state index in [9.17, 15) is 9.59 Å². The van der Waals surface area contributed by atoms with Crippen LogP contribution >= 0.6 is 0 Å². The molecule has 0 aliphatic carbocycles. The second kappa shape index (κ2) is 5.40. The van der Waals surface area contributed by atoms with Gasteiger partial charge in [-0.25, -0.2) is 4.79 Å². The molecule has 19 heavy (non-hydrogen) atoms. The lowest BCUT2D eigenvalue weighted by molar-refractivity contribution is -0.173.